The van der Waals surface area contributed by atoms with Gasteiger partial charge in [0.1, 0.15) is 6.04 Å². The molecule has 0 aliphatic carbocycles. The molecule has 2 aromatic carbocycles. The van der Waals surface area contributed by atoms with E-state index >= 15 is 0 Å². The van der Waals surface area contributed by atoms with E-state index in [4.69, 9.17) is 4.74 Å². The molecule has 0 aliphatic rings. The minimum atomic E-state index is -3.60. The number of para-hydroxylation sites is 1. The molecule has 1 amide bonds. The number of amides is 1. The Morgan fingerprint density at radius 3 is 2.48 bits per heavy atom. The second-order valence-corrected chi connectivity index (χ2v) is 8.50. The van der Waals surface area contributed by atoms with Crippen LogP contribution in [0.3, 0.4) is 0 Å². The Labute approximate surface area is 168 Å². The van der Waals surface area contributed by atoms with Crippen LogP contribution in [-0.2, 0) is 19.4 Å². The van der Waals surface area contributed by atoms with Gasteiger partial charge in [-0.25, -0.2) is 13.2 Å². The van der Waals surface area contributed by atoms with Crippen LogP contribution in [-0.4, -0.2) is 44.2 Å². The molecule has 0 saturated heterocycles. The Balaban J connectivity index is 1.74. The molecular weight excluding hydrogens is 392 g/mol. The Kier molecular flexibility index (Phi) is 6.23. The maximum absolute atomic E-state index is 12.6. The van der Waals surface area contributed by atoms with Gasteiger partial charge >= 0.3 is 5.97 Å². The highest BCUT2D eigenvalue weighted by molar-refractivity contribution is 7.91. The van der Waals surface area contributed by atoms with E-state index in [1.807, 2.05) is 24.3 Å². The van der Waals surface area contributed by atoms with Crippen LogP contribution < -0.4 is 5.32 Å². The van der Waals surface area contributed by atoms with Crippen molar-refractivity contribution in [3.63, 3.8) is 0 Å². The average molecular weight is 412 g/mol. The first kappa shape index (κ1) is 20.5. The molecule has 1 heterocycles. The summed E-state index contributed by atoms with van der Waals surface area (Å²) >= 11 is 0. The fourth-order valence-corrected chi connectivity index (χ4v) is 4.20. The number of nitrogens with one attached hydrogen (secondary N) is 1. The smallest absolute Gasteiger partial charge is 0.328 e. The fraction of sp³-hybridized carbons (Fsp3) is 0.190. The SMILES string of the molecule is COC(=O)[C@@H](CCS(=O)(=O)c1ccccc1)NC(=O)c1cnc2ccccc2c1. The van der Waals surface area contributed by atoms with Crippen molar-refractivity contribution < 1.29 is 22.7 Å². The van der Waals surface area contributed by atoms with Crippen LogP contribution >= 0.6 is 0 Å². The quantitative estimate of drug-likeness (QED) is 0.598. The van der Waals surface area contributed by atoms with Gasteiger partial charge in [0.05, 0.1) is 28.8 Å². The van der Waals surface area contributed by atoms with Crippen molar-refractivity contribution in [2.45, 2.75) is 17.4 Å². The predicted octanol–water partition coefficient (Wildman–Crippen LogP) is 2.37. The van der Waals surface area contributed by atoms with E-state index in [0.717, 1.165) is 10.9 Å². The van der Waals surface area contributed by atoms with Gasteiger partial charge in [0.25, 0.3) is 5.91 Å². The Morgan fingerprint density at radius 2 is 1.76 bits per heavy atom. The summed E-state index contributed by atoms with van der Waals surface area (Å²) in [7, 11) is -2.41. The van der Waals surface area contributed by atoms with Crippen LogP contribution in [0.2, 0.25) is 0 Å². The van der Waals surface area contributed by atoms with Crippen molar-refractivity contribution in [1.82, 2.24) is 10.3 Å². The highest BCUT2D eigenvalue weighted by Gasteiger charge is 2.25. The molecule has 0 unspecified atom stereocenters. The van der Waals surface area contributed by atoms with Crippen molar-refractivity contribution in [2.24, 2.45) is 0 Å². The number of benzene rings is 2. The van der Waals surface area contributed by atoms with Crippen LogP contribution in [0.15, 0.2) is 71.8 Å². The fourth-order valence-electron chi connectivity index (χ4n) is 2.85. The van der Waals surface area contributed by atoms with Gasteiger partial charge in [-0.1, -0.05) is 36.4 Å². The summed E-state index contributed by atoms with van der Waals surface area (Å²) in [5, 5.41) is 3.33. The highest BCUT2D eigenvalue weighted by Crippen LogP contribution is 2.15. The van der Waals surface area contributed by atoms with Crippen molar-refractivity contribution >= 4 is 32.6 Å². The van der Waals surface area contributed by atoms with Gasteiger partial charge < -0.3 is 10.1 Å². The van der Waals surface area contributed by atoms with E-state index in [-0.39, 0.29) is 22.6 Å². The number of sulfone groups is 1. The zero-order valence-corrected chi connectivity index (χ0v) is 16.6. The topological polar surface area (TPSA) is 102 Å². The molecule has 3 aromatic rings. The van der Waals surface area contributed by atoms with Crippen molar-refractivity contribution in [2.75, 3.05) is 12.9 Å². The molecule has 0 aliphatic heterocycles. The number of nitrogens with zero attached hydrogens (tertiary/aromatic N) is 1. The van der Waals surface area contributed by atoms with Gasteiger partial charge in [-0.05, 0) is 30.7 Å². The molecule has 0 spiro atoms. The van der Waals surface area contributed by atoms with E-state index in [2.05, 4.69) is 10.3 Å². The molecule has 1 aromatic heterocycles. The first-order chi connectivity index (χ1) is 13.9. The molecule has 3 rings (SSSR count). The molecule has 0 saturated carbocycles. The molecule has 29 heavy (non-hydrogen) atoms. The summed E-state index contributed by atoms with van der Waals surface area (Å²) in [6.45, 7) is 0. The second kappa shape index (κ2) is 8.83. The number of carbonyl (C=O) groups excluding carboxylic acids is 2. The molecule has 150 valence electrons. The lowest BCUT2D eigenvalue weighted by atomic mass is 10.1. The maximum atomic E-state index is 12.6. The number of methoxy groups -OCH3 is 1. The summed E-state index contributed by atoms with van der Waals surface area (Å²) in [5.74, 6) is -1.56. The lowest BCUT2D eigenvalue weighted by molar-refractivity contribution is -0.142. The van der Waals surface area contributed by atoms with Crippen molar-refractivity contribution in [3.8, 4) is 0 Å². The van der Waals surface area contributed by atoms with Crippen LogP contribution in [0.1, 0.15) is 16.8 Å². The van der Waals surface area contributed by atoms with E-state index in [1.54, 1.807) is 24.3 Å². The molecule has 1 N–H and O–H groups in total. The molecule has 1 atom stereocenters. The zero-order chi connectivity index (χ0) is 20.9. The first-order valence-electron chi connectivity index (χ1n) is 8.92. The second-order valence-electron chi connectivity index (χ2n) is 6.39. The number of hydrogen-bond donors (Lipinski definition) is 1. The van der Waals surface area contributed by atoms with Crippen LogP contribution in [0.4, 0.5) is 0 Å². The molecule has 8 heteroatoms. The Morgan fingerprint density at radius 1 is 1.07 bits per heavy atom. The third kappa shape index (κ3) is 4.97. The largest absolute Gasteiger partial charge is 0.467 e. The third-order valence-electron chi connectivity index (χ3n) is 4.42. The summed E-state index contributed by atoms with van der Waals surface area (Å²) in [4.78, 5) is 29.1. The molecule has 0 radical (unpaired) electrons. The number of ether oxygens (including phenoxy) is 1. The van der Waals surface area contributed by atoms with E-state index in [0.29, 0.717) is 0 Å². The van der Waals surface area contributed by atoms with E-state index in [9.17, 15) is 18.0 Å². The van der Waals surface area contributed by atoms with Crippen LogP contribution in [0, 0.1) is 0 Å². The highest BCUT2D eigenvalue weighted by atomic mass is 32.2. The number of hydrogen-bond acceptors (Lipinski definition) is 6. The van der Waals surface area contributed by atoms with Gasteiger partial charge in [-0.15, -0.1) is 0 Å². The summed E-state index contributed by atoms with van der Waals surface area (Å²) in [6.07, 6.45) is 1.30. The minimum absolute atomic E-state index is 0.114. The van der Waals surface area contributed by atoms with E-state index < -0.39 is 27.8 Å². The van der Waals surface area contributed by atoms with Gasteiger partial charge in [-0.3, -0.25) is 9.78 Å². The number of esters is 1. The van der Waals surface area contributed by atoms with Gasteiger partial charge in [0.2, 0.25) is 0 Å². The van der Waals surface area contributed by atoms with Crippen LogP contribution in [0.5, 0.6) is 0 Å². The zero-order valence-electron chi connectivity index (χ0n) is 15.7. The van der Waals surface area contributed by atoms with Crippen molar-refractivity contribution in [1.29, 1.82) is 0 Å². The number of carbonyl (C=O) groups is 2. The molecule has 0 bridgehead atoms. The average Bonchev–Trinajstić information content (AvgIpc) is 2.76. The molecule has 0 fully saturated rings. The van der Waals surface area contributed by atoms with Gasteiger partial charge in [0, 0.05) is 11.6 Å². The Bertz CT molecular complexity index is 1130. The standard InChI is InChI=1S/C21H20N2O5S/c1-28-21(25)19(11-12-29(26,27)17-8-3-2-4-9-17)23-20(24)16-13-15-7-5-6-10-18(15)22-14-16/h2-10,13-14,19H,11-12H2,1H3,(H,23,24)/t19-/m1/s1. The number of pyridine rings is 1. The number of aromatic nitrogens is 1. The lowest BCUT2D eigenvalue weighted by Gasteiger charge is -2.16. The number of rotatable bonds is 7. The maximum Gasteiger partial charge on any atom is 0.328 e. The summed E-state index contributed by atoms with van der Waals surface area (Å²) in [5.41, 5.74) is 1.01. The minimum Gasteiger partial charge on any atom is -0.467 e. The summed E-state index contributed by atoms with van der Waals surface area (Å²) < 4.78 is 29.7. The number of fused-ring (bicyclic) bond motifs is 1. The van der Waals surface area contributed by atoms with Gasteiger partial charge in [-0.2, -0.15) is 0 Å². The molecular formula is C21H20N2O5S. The predicted molar refractivity (Wildman–Crippen MR) is 108 cm³/mol. The third-order valence-corrected chi connectivity index (χ3v) is 6.18. The molecule has 7 nitrogen and oxygen atoms in total. The van der Waals surface area contributed by atoms with Crippen LogP contribution in [0.25, 0.3) is 10.9 Å². The van der Waals surface area contributed by atoms with Gasteiger partial charge in [0.15, 0.2) is 9.84 Å². The van der Waals surface area contributed by atoms with E-state index in [1.165, 1.54) is 25.4 Å². The normalized spacial score (nSPS) is 12.3. The van der Waals surface area contributed by atoms with Crippen molar-refractivity contribution in [3.05, 3.63) is 72.4 Å². The summed E-state index contributed by atoms with van der Waals surface area (Å²) in [6, 6.07) is 15.8. The Hall–Kier alpha value is -3.26. The monoisotopic (exact) mass is 412 g/mol. The lowest BCUT2D eigenvalue weighted by Crippen LogP contribution is -2.42. The first-order valence-corrected chi connectivity index (χ1v) is 10.6.